The number of hydrogen-bond acceptors (Lipinski definition) is 4. The zero-order valence-electron chi connectivity index (χ0n) is 16.8. The van der Waals surface area contributed by atoms with Crippen molar-refractivity contribution < 1.29 is 13.2 Å². The number of sulfonamides is 1. The van der Waals surface area contributed by atoms with Crippen molar-refractivity contribution in [3.05, 3.63) is 76.3 Å². The van der Waals surface area contributed by atoms with Gasteiger partial charge in [-0.3, -0.25) is 4.79 Å². The average molecular weight is 489 g/mol. The minimum atomic E-state index is -3.68. The number of anilines is 1. The van der Waals surface area contributed by atoms with Gasteiger partial charge in [-0.25, -0.2) is 18.1 Å². The monoisotopic (exact) mass is 488 g/mol. The number of hydrogen-bond donors (Lipinski definition) is 3. The second kappa shape index (κ2) is 8.91. The van der Waals surface area contributed by atoms with Crippen LogP contribution in [0.3, 0.4) is 0 Å². The lowest BCUT2D eigenvalue weighted by atomic mass is 10.1. The highest BCUT2D eigenvalue weighted by Crippen LogP contribution is 2.31. The number of imidazole rings is 1. The fraction of sp³-hybridized carbons (Fsp3) is 0.0909. The van der Waals surface area contributed by atoms with Crippen LogP contribution in [0.25, 0.3) is 22.4 Å². The Hall–Kier alpha value is -2.91. The van der Waals surface area contributed by atoms with Crippen molar-refractivity contribution in [1.29, 1.82) is 0 Å². The maximum atomic E-state index is 12.8. The molecule has 32 heavy (non-hydrogen) atoms. The van der Waals surface area contributed by atoms with Crippen molar-refractivity contribution in [3.63, 3.8) is 0 Å². The summed E-state index contributed by atoms with van der Waals surface area (Å²) in [5.41, 5.74) is 2.91. The highest BCUT2D eigenvalue weighted by Gasteiger charge is 2.18. The number of aromatic amines is 1. The quantitative estimate of drug-likeness (QED) is 0.351. The Bertz CT molecular complexity index is 1400. The standard InChI is InChI=1S/C22H18Cl2N4O3S/c1-2-25-32(30,31)14-8-9-15(18(24)12-14)22(29)26-13-7-10-17(23)16(11-13)21-27-19-5-3-4-6-20(19)28-21/h3-12,25H,2H2,1H3,(H,26,29)(H,27,28). The van der Waals surface area contributed by atoms with Gasteiger partial charge in [-0.15, -0.1) is 0 Å². The third-order valence-corrected chi connectivity index (χ3v) is 6.88. The molecule has 0 aliphatic rings. The molecule has 3 aromatic carbocycles. The Morgan fingerprint density at radius 1 is 1.03 bits per heavy atom. The first-order valence-corrected chi connectivity index (χ1v) is 11.9. The van der Waals surface area contributed by atoms with Crippen molar-refractivity contribution >= 4 is 55.9 Å². The number of aromatic nitrogens is 2. The first-order valence-electron chi connectivity index (χ1n) is 9.63. The van der Waals surface area contributed by atoms with Crippen LogP contribution in [-0.2, 0) is 10.0 Å². The van der Waals surface area contributed by atoms with Crippen LogP contribution in [0.5, 0.6) is 0 Å². The van der Waals surface area contributed by atoms with Crippen molar-refractivity contribution in [2.24, 2.45) is 0 Å². The molecule has 0 unspecified atom stereocenters. The van der Waals surface area contributed by atoms with Gasteiger partial charge in [-0.2, -0.15) is 0 Å². The summed E-state index contributed by atoms with van der Waals surface area (Å²) in [5.74, 6) is 0.0867. The molecule has 0 radical (unpaired) electrons. The summed E-state index contributed by atoms with van der Waals surface area (Å²) in [4.78, 5) is 20.5. The largest absolute Gasteiger partial charge is 0.338 e. The fourth-order valence-electron chi connectivity index (χ4n) is 3.18. The second-order valence-corrected chi connectivity index (χ2v) is 9.48. The van der Waals surface area contributed by atoms with Crippen molar-refractivity contribution in [2.45, 2.75) is 11.8 Å². The van der Waals surface area contributed by atoms with Crippen LogP contribution in [0.4, 0.5) is 5.69 Å². The summed E-state index contributed by atoms with van der Waals surface area (Å²) in [6.45, 7) is 1.92. The number of rotatable bonds is 6. The van der Waals surface area contributed by atoms with Gasteiger partial charge in [-0.05, 0) is 48.5 Å². The lowest BCUT2D eigenvalue weighted by Crippen LogP contribution is -2.23. The zero-order chi connectivity index (χ0) is 22.9. The van der Waals surface area contributed by atoms with E-state index in [9.17, 15) is 13.2 Å². The zero-order valence-corrected chi connectivity index (χ0v) is 19.1. The van der Waals surface area contributed by atoms with Crippen LogP contribution < -0.4 is 10.0 Å². The molecular formula is C22H18Cl2N4O3S. The van der Waals surface area contributed by atoms with Crippen LogP contribution in [-0.4, -0.2) is 30.8 Å². The molecular weight excluding hydrogens is 471 g/mol. The summed E-state index contributed by atoms with van der Waals surface area (Å²) in [5, 5.41) is 3.26. The van der Waals surface area contributed by atoms with Crippen molar-refractivity contribution in [2.75, 3.05) is 11.9 Å². The van der Waals surface area contributed by atoms with Gasteiger partial charge in [0.15, 0.2) is 0 Å². The molecule has 0 fully saturated rings. The van der Waals surface area contributed by atoms with E-state index < -0.39 is 15.9 Å². The number of nitrogens with one attached hydrogen (secondary N) is 3. The molecule has 0 aliphatic heterocycles. The van der Waals surface area contributed by atoms with Gasteiger partial charge in [0.25, 0.3) is 5.91 Å². The lowest BCUT2D eigenvalue weighted by molar-refractivity contribution is 0.102. The Balaban J connectivity index is 1.61. The summed E-state index contributed by atoms with van der Waals surface area (Å²) in [6.07, 6.45) is 0. The third-order valence-electron chi connectivity index (χ3n) is 4.70. The highest BCUT2D eigenvalue weighted by atomic mass is 35.5. The predicted molar refractivity (Wildman–Crippen MR) is 127 cm³/mol. The maximum absolute atomic E-state index is 12.8. The van der Waals surface area contributed by atoms with E-state index in [4.69, 9.17) is 23.2 Å². The van der Waals surface area contributed by atoms with E-state index in [0.29, 0.717) is 22.1 Å². The molecule has 1 amide bonds. The molecule has 1 heterocycles. The maximum Gasteiger partial charge on any atom is 0.257 e. The van der Waals surface area contributed by atoms with Gasteiger partial charge in [-0.1, -0.05) is 42.3 Å². The first kappa shape index (κ1) is 22.3. The number of para-hydroxylation sites is 2. The summed E-state index contributed by atoms with van der Waals surface area (Å²) >= 11 is 12.6. The SMILES string of the molecule is CCNS(=O)(=O)c1ccc(C(=O)Nc2ccc(Cl)c(-c3nc4ccccc4[nH]3)c2)c(Cl)c1. The molecule has 0 spiro atoms. The Morgan fingerprint density at radius 2 is 1.81 bits per heavy atom. The molecule has 0 aliphatic carbocycles. The van der Waals surface area contributed by atoms with E-state index in [-0.39, 0.29) is 22.0 Å². The van der Waals surface area contributed by atoms with E-state index >= 15 is 0 Å². The van der Waals surface area contributed by atoms with Crippen LogP contribution in [0, 0.1) is 0 Å². The van der Waals surface area contributed by atoms with Crippen LogP contribution in [0.15, 0.2) is 65.6 Å². The molecule has 0 bridgehead atoms. The van der Waals surface area contributed by atoms with E-state index in [1.54, 1.807) is 25.1 Å². The molecule has 0 saturated heterocycles. The van der Waals surface area contributed by atoms with Crippen molar-refractivity contribution in [1.82, 2.24) is 14.7 Å². The first-order chi connectivity index (χ1) is 15.3. The number of nitrogens with zero attached hydrogens (tertiary/aromatic N) is 1. The highest BCUT2D eigenvalue weighted by molar-refractivity contribution is 7.89. The summed E-state index contributed by atoms with van der Waals surface area (Å²) in [7, 11) is -3.68. The number of carbonyl (C=O) groups excluding carboxylic acids is 1. The van der Waals surface area contributed by atoms with Gasteiger partial charge in [0.2, 0.25) is 10.0 Å². The summed E-state index contributed by atoms with van der Waals surface area (Å²) < 4.78 is 26.6. The van der Waals surface area contributed by atoms with Gasteiger partial charge in [0.1, 0.15) is 5.82 Å². The molecule has 1 aromatic heterocycles. The van der Waals surface area contributed by atoms with E-state index in [0.717, 1.165) is 11.0 Å². The molecule has 7 nitrogen and oxygen atoms in total. The molecule has 4 rings (SSSR count). The average Bonchev–Trinajstić information content (AvgIpc) is 3.19. The smallest absolute Gasteiger partial charge is 0.257 e. The summed E-state index contributed by atoms with van der Waals surface area (Å²) in [6, 6.07) is 16.6. The van der Waals surface area contributed by atoms with Gasteiger partial charge in [0.05, 0.1) is 31.5 Å². The number of benzene rings is 3. The fourth-order valence-corrected chi connectivity index (χ4v) is 4.79. The predicted octanol–water partition coefficient (Wildman–Crippen LogP) is 5.09. The number of amides is 1. The molecule has 0 saturated carbocycles. The number of halogens is 2. The number of fused-ring (bicyclic) bond motifs is 1. The Labute approximate surface area is 194 Å². The Morgan fingerprint density at radius 3 is 2.53 bits per heavy atom. The van der Waals surface area contributed by atoms with Crippen LogP contribution in [0.1, 0.15) is 17.3 Å². The normalized spacial score (nSPS) is 11.6. The lowest BCUT2D eigenvalue weighted by Gasteiger charge is -2.10. The van der Waals surface area contributed by atoms with E-state index in [1.165, 1.54) is 18.2 Å². The van der Waals surface area contributed by atoms with Gasteiger partial charge >= 0.3 is 0 Å². The van der Waals surface area contributed by atoms with E-state index in [2.05, 4.69) is 20.0 Å². The molecule has 3 N–H and O–H groups in total. The molecule has 164 valence electrons. The van der Waals surface area contributed by atoms with E-state index in [1.807, 2.05) is 24.3 Å². The third kappa shape index (κ3) is 4.49. The number of carbonyl (C=O) groups is 1. The second-order valence-electron chi connectivity index (χ2n) is 6.89. The van der Waals surface area contributed by atoms with Gasteiger partial charge in [0, 0.05) is 17.8 Å². The Kier molecular flexibility index (Phi) is 6.21. The molecule has 4 aromatic rings. The molecule has 0 atom stereocenters. The molecule has 10 heteroatoms. The minimum Gasteiger partial charge on any atom is -0.338 e. The van der Waals surface area contributed by atoms with Crippen molar-refractivity contribution in [3.8, 4) is 11.4 Å². The van der Waals surface area contributed by atoms with Gasteiger partial charge < -0.3 is 10.3 Å². The number of H-pyrrole nitrogens is 1. The van der Waals surface area contributed by atoms with Crippen LogP contribution in [0.2, 0.25) is 10.0 Å². The van der Waals surface area contributed by atoms with Crippen LogP contribution >= 0.6 is 23.2 Å². The topological polar surface area (TPSA) is 104 Å². The minimum absolute atomic E-state index is 0.0143.